The average molecular weight is 776 g/mol. The number of alkyl halides is 22. The van der Waals surface area contributed by atoms with Gasteiger partial charge in [0, 0.05) is 0 Å². The fraction of sp³-hybridized carbons (Fsp3) is 1.00. The molecule has 0 radical (unpaired) electrons. The van der Waals surface area contributed by atoms with Crippen molar-refractivity contribution in [3.8, 4) is 0 Å². The number of hydrogen-bond donors (Lipinski definition) is 4. The van der Waals surface area contributed by atoms with Crippen LogP contribution >= 0.6 is 0 Å². The molecule has 45 heavy (non-hydrogen) atoms. The van der Waals surface area contributed by atoms with Gasteiger partial charge >= 0.3 is 78.6 Å². The molecule has 0 aliphatic carbocycles. The predicted molar refractivity (Wildman–Crippen MR) is 93.5 cm³/mol. The summed E-state index contributed by atoms with van der Waals surface area (Å²) in [6.07, 6.45) is -31.2. The van der Waals surface area contributed by atoms with Crippen LogP contribution in [0.5, 0.6) is 0 Å². The molecule has 276 valence electrons. The summed E-state index contributed by atoms with van der Waals surface area (Å²) in [7, 11) is -15.0. The zero-order valence-electron chi connectivity index (χ0n) is 19.8. The molecule has 1 atom stereocenters. The Labute approximate surface area is 232 Å². The standard InChI is InChI=1S/2C5HF11O3S.C3H8O2/c2*6-1(3(9,10)11,4(12,13)14)2(7,8)5(15,16)20(17,18)19;1-3(5)2-4/h2*(H,17,18,19);3-5H,2H2,1H3. The number of hydrogen-bond acceptors (Lipinski definition) is 6. The van der Waals surface area contributed by atoms with Crippen molar-refractivity contribution in [2.45, 2.75) is 71.4 Å². The lowest BCUT2D eigenvalue weighted by Gasteiger charge is -2.38. The van der Waals surface area contributed by atoms with Crippen molar-refractivity contribution in [2.24, 2.45) is 0 Å². The summed E-state index contributed by atoms with van der Waals surface area (Å²) in [5.41, 5.74) is -15.8. The maximum absolute atomic E-state index is 12.8. The Morgan fingerprint density at radius 3 is 0.667 bits per heavy atom. The highest BCUT2D eigenvalue weighted by atomic mass is 32.2. The minimum absolute atomic E-state index is 0.139. The first kappa shape index (κ1) is 47.6. The molecule has 0 aromatic heterocycles. The molecule has 8 nitrogen and oxygen atoms in total. The van der Waals surface area contributed by atoms with Gasteiger partial charge in [-0.25, -0.2) is 8.78 Å². The van der Waals surface area contributed by atoms with Gasteiger partial charge in [0.1, 0.15) is 0 Å². The zero-order valence-corrected chi connectivity index (χ0v) is 21.5. The molecular weight excluding hydrogens is 766 g/mol. The van der Waals surface area contributed by atoms with E-state index in [1.807, 2.05) is 0 Å². The Kier molecular flexibility index (Phi) is 13.8. The summed E-state index contributed by atoms with van der Waals surface area (Å²) in [5.74, 6) is -15.8. The lowest BCUT2D eigenvalue weighted by molar-refractivity contribution is -0.417. The molecular formula is C13H10F22O8S2. The summed E-state index contributed by atoms with van der Waals surface area (Å²) in [4.78, 5) is 0. The third-order valence-electron chi connectivity index (χ3n) is 4.07. The van der Waals surface area contributed by atoms with Gasteiger partial charge in [-0.15, -0.1) is 0 Å². The van der Waals surface area contributed by atoms with Gasteiger partial charge in [-0.2, -0.15) is 105 Å². The molecule has 0 spiro atoms. The van der Waals surface area contributed by atoms with Gasteiger partial charge < -0.3 is 10.2 Å². The molecule has 0 aliphatic rings. The van der Waals surface area contributed by atoms with Crippen LogP contribution in [-0.2, 0) is 20.2 Å². The van der Waals surface area contributed by atoms with Gasteiger partial charge in [-0.05, 0) is 6.92 Å². The highest BCUT2D eigenvalue weighted by molar-refractivity contribution is 7.87. The lowest BCUT2D eigenvalue weighted by Crippen LogP contribution is -2.71. The SMILES string of the molecule is CC(O)CO.O=S(=O)(O)C(F)(F)C(F)(F)C(F)(C(F)(F)F)C(F)(F)F.O=S(=O)(O)C(F)(F)C(F)(F)C(F)(C(F)(F)F)C(F)(F)F. The minimum atomic E-state index is -7.91. The van der Waals surface area contributed by atoms with Crippen LogP contribution in [0.15, 0.2) is 0 Å². The fourth-order valence-electron chi connectivity index (χ4n) is 1.76. The second kappa shape index (κ2) is 13.0. The van der Waals surface area contributed by atoms with Gasteiger partial charge in [0.05, 0.1) is 12.7 Å². The Morgan fingerprint density at radius 2 is 0.600 bits per heavy atom. The van der Waals surface area contributed by atoms with Crippen LogP contribution in [0.25, 0.3) is 0 Å². The quantitative estimate of drug-likeness (QED) is 0.203. The van der Waals surface area contributed by atoms with E-state index in [4.69, 9.17) is 19.3 Å². The van der Waals surface area contributed by atoms with Gasteiger partial charge in [0.2, 0.25) is 0 Å². The largest absolute Gasteiger partial charge is 0.438 e. The van der Waals surface area contributed by atoms with E-state index in [1.54, 1.807) is 0 Å². The first-order valence-corrected chi connectivity index (χ1v) is 12.0. The molecule has 0 rings (SSSR count). The molecule has 32 heteroatoms. The summed E-state index contributed by atoms with van der Waals surface area (Å²) < 4.78 is 322. The number of rotatable bonds is 7. The van der Waals surface area contributed by atoms with E-state index >= 15 is 0 Å². The number of aliphatic hydroxyl groups excluding tert-OH is 2. The average Bonchev–Trinajstić information content (AvgIpc) is 2.73. The van der Waals surface area contributed by atoms with Crippen LogP contribution in [0.3, 0.4) is 0 Å². The third kappa shape index (κ3) is 8.38. The predicted octanol–water partition coefficient (Wildman–Crippen LogP) is 5.23. The van der Waals surface area contributed by atoms with Crippen molar-refractivity contribution in [3.63, 3.8) is 0 Å². The highest BCUT2D eigenvalue weighted by Crippen LogP contribution is 2.61. The lowest BCUT2D eigenvalue weighted by atomic mass is 9.96. The molecule has 0 aromatic rings. The Balaban J connectivity index is -0.000000680. The van der Waals surface area contributed by atoms with Gasteiger partial charge in [0.25, 0.3) is 0 Å². The van der Waals surface area contributed by atoms with E-state index in [1.165, 1.54) is 6.92 Å². The van der Waals surface area contributed by atoms with E-state index in [-0.39, 0.29) is 6.61 Å². The Morgan fingerprint density at radius 1 is 0.467 bits per heavy atom. The zero-order chi connectivity index (χ0) is 38.3. The molecule has 0 bridgehead atoms. The van der Waals surface area contributed by atoms with Crippen molar-refractivity contribution < 1.29 is 133 Å². The molecule has 0 aromatic carbocycles. The molecule has 0 aliphatic heterocycles. The summed E-state index contributed by atoms with van der Waals surface area (Å²) >= 11 is 0. The molecule has 0 amide bonds. The second-order valence-corrected chi connectivity index (χ2v) is 10.4. The summed E-state index contributed by atoms with van der Waals surface area (Å²) in [6, 6.07) is 0. The second-order valence-electron chi connectivity index (χ2n) is 7.47. The van der Waals surface area contributed by atoms with Crippen LogP contribution in [0, 0.1) is 0 Å². The number of halogens is 22. The summed E-state index contributed by atoms with van der Waals surface area (Å²) in [5, 5.41) is 1.23. The first-order chi connectivity index (χ1) is 18.8. The normalized spacial score (nSPS) is 16.2. The highest BCUT2D eigenvalue weighted by Gasteiger charge is 2.93. The smallest absolute Gasteiger partial charge is 0.394 e. The van der Waals surface area contributed by atoms with E-state index in [2.05, 4.69) is 0 Å². The molecule has 1 unspecified atom stereocenters. The Hall–Kier alpha value is -1.80. The van der Waals surface area contributed by atoms with Crippen LogP contribution in [0.2, 0.25) is 0 Å². The topological polar surface area (TPSA) is 149 Å². The molecule has 4 N–H and O–H groups in total. The van der Waals surface area contributed by atoms with Crippen LogP contribution in [0.4, 0.5) is 96.6 Å². The molecule has 0 heterocycles. The van der Waals surface area contributed by atoms with Crippen molar-refractivity contribution in [2.75, 3.05) is 6.61 Å². The Bertz CT molecular complexity index is 1080. The maximum Gasteiger partial charge on any atom is 0.438 e. The first-order valence-electron chi connectivity index (χ1n) is 9.16. The van der Waals surface area contributed by atoms with Crippen molar-refractivity contribution in [3.05, 3.63) is 0 Å². The van der Waals surface area contributed by atoms with Gasteiger partial charge in [-0.1, -0.05) is 0 Å². The minimum Gasteiger partial charge on any atom is -0.394 e. The van der Waals surface area contributed by atoms with Crippen molar-refractivity contribution in [1.82, 2.24) is 0 Å². The van der Waals surface area contributed by atoms with E-state index in [9.17, 15) is 113 Å². The van der Waals surface area contributed by atoms with Crippen LogP contribution in [0.1, 0.15) is 6.92 Å². The molecule has 0 saturated carbocycles. The van der Waals surface area contributed by atoms with Crippen LogP contribution < -0.4 is 0 Å². The van der Waals surface area contributed by atoms with Crippen molar-refractivity contribution >= 4 is 20.2 Å². The van der Waals surface area contributed by atoms with E-state index in [0.717, 1.165) is 0 Å². The van der Waals surface area contributed by atoms with Crippen LogP contribution in [-0.4, -0.2) is 107 Å². The summed E-state index contributed by atoms with van der Waals surface area (Å²) in [6.45, 7) is 1.39. The molecule has 0 saturated heterocycles. The van der Waals surface area contributed by atoms with Gasteiger partial charge in [0.15, 0.2) is 0 Å². The van der Waals surface area contributed by atoms with Crippen molar-refractivity contribution in [1.29, 1.82) is 0 Å². The van der Waals surface area contributed by atoms with Gasteiger partial charge in [-0.3, -0.25) is 9.11 Å². The monoisotopic (exact) mass is 776 g/mol. The fourth-order valence-corrected chi connectivity index (χ4v) is 2.69. The van der Waals surface area contributed by atoms with E-state index in [0.29, 0.717) is 0 Å². The third-order valence-corrected chi connectivity index (χ3v) is 5.88. The van der Waals surface area contributed by atoms with E-state index < -0.39 is 84.7 Å². The number of aliphatic hydroxyl groups is 2. The maximum atomic E-state index is 12.8. The molecule has 0 fully saturated rings.